The summed E-state index contributed by atoms with van der Waals surface area (Å²) in [5, 5.41) is 3.48. The summed E-state index contributed by atoms with van der Waals surface area (Å²) in [4.78, 5) is 0. The molecule has 20 heavy (non-hydrogen) atoms. The van der Waals surface area contributed by atoms with Crippen molar-refractivity contribution in [3.63, 3.8) is 0 Å². The Morgan fingerprint density at radius 2 is 2.15 bits per heavy atom. The summed E-state index contributed by atoms with van der Waals surface area (Å²) in [6.45, 7) is 2.18. The molecule has 0 saturated heterocycles. The van der Waals surface area contributed by atoms with Crippen molar-refractivity contribution < 1.29 is 0 Å². The van der Waals surface area contributed by atoms with Gasteiger partial charge in [0.1, 0.15) is 0 Å². The summed E-state index contributed by atoms with van der Waals surface area (Å²) in [6, 6.07) is 11.4. The predicted octanol–water partition coefficient (Wildman–Crippen LogP) is 4.34. The molecule has 3 aromatic rings. The summed E-state index contributed by atoms with van der Waals surface area (Å²) in [5.41, 5.74) is 11.6. The molecule has 4 rings (SSSR count). The van der Waals surface area contributed by atoms with Gasteiger partial charge in [0.05, 0.1) is 0 Å². The molecular weight excluding hydrogens is 264 g/mol. The number of aryl methyl sites for hydroxylation is 1. The topological polar surface area (TPSA) is 30.9 Å². The minimum absolute atomic E-state index is 0.212. The number of fused-ring (bicyclic) bond motifs is 2. The lowest BCUT2D eigenvalue weighted by Gasteiger charge is -2.21. The van der Waals surface area contributed by atoms with E-state index in [1.54, 1.807) is 11.3 Å². The molecule has 2 aromatic heterocycles. The van der Waals surface area contributed by atoms with Gasteiger partial charge in [-0.2, -0.15) is 0 Å². The number of thiophene rings is 1. The predicted molar refractivity (Wildman–Crippen MR) is 85.8 cm³/mol. The van der Waals surface area contributed by atoms with Crippen LogP contribution in [0.15, 0.2) is 35.7 Å². The highest BCUT2D eigenvalue weighted by molar-refractivity contribution is 7.17. The van der Waals surface area contributed by atoms with E-state index in [9.17, 15) is 0 Å². The molecule has 2 N–H and O–H groups in total. The largest absolute Gasteiger partial charge is 0.324 e. The smallest absolute Gasteiger partial charge is 0.0462 e. The van der Waals surface area contributed by atoms with Gasteiger partial charge in [-0.15, -0.1) is 11.3 Å². The first kappa shape index (κ1) is 12.2. The quantitative estimate of drug-likeness (QED) is 0.707. The highest BCUT2D eigenvalue weighted by atomic mass is 32.1. The molecule has 0 aliphatic heterocycles. The fraction of sp³-hybridized carbons (Fsp3) is 0.294. The number of benzene rings is 1. The summed E-state index contributed by atoms with van der Waals surface area (Å²) in [7, 11) is 0. The van der Waals surface area contributed by atoms with Gasteiger partial charge in [0, 0.05) is 27.8 Å². The van der Waals surface area contributed by atoms with Crippen LogP contribution in [0.4, 0.5) is 0 Å². The number of rotatable bonds is 1. The standard InChI is InChI=1S/C17H18N2S/c1-11-9-14-15(18)3-2-4-16(14)19(11)13-5-6-17-12(10-13)7-8-20-17/h5-10,15H,2-4,18H2,1H3. The Morgan fingerprint density at radius 1 is 1.25 bits per heavy atom. The van der Waals surface area contributed by atoms with Gasteiger partial charge in [-0.25, -0.2) is 0 Å². The first-order chi connectivity index (χ1) is 9.74. The van der Waals surface area contributed by atoms with E-state index in [0.29, 0.717) is 0 Å². The normalized spacial score (nSPS) is 18.4. The molecule has 0 bridgehead atoms. The Bertz CT molecular complexity index is 781. The van der Waals surface area contributed by atoms with E-state index >= 15 is 0 Å². The van der Waals surface area contributed by atoms with Crippen molar-refractivity contribution in [1.82, 2.24) is 4.57 Å². The van der Waals surface area contributed by atoms with Crippen LogP contribution in [0.1, 0.15) is 35.8 Å². The first-order valence-corrected chi connectivity index (χ1v) is 8.06. The molecule has 0 fully saturated rings. The molecule has 0 amide bonds. The molecule has 0 radical (unpaired) electrons. The number of aromatic nitrogens is 1. The maximum Gasteiger partial charge on any atom is 0.0462 e. The maximum atomic E-state index is 6.27. The van der Waals surface area contributed by atoms with Crippen LogP contribution < -0.4 is 5.73 Å². The zero-order valence-corrected chi connectivity index (χ0v) is 12.4. The molecule has 1 aliphatic carbocycles. The zero-order valence-electron chi connectivity index (χ0n) is 11.6. The van der Waals surface area contributed by atoms with E-state index in [-0.39, 0.29) is 6.04 Å². The molecule has 0 spiro atoms. The van der Waals surface area contributed by atoms with Crippen LogP contribution in [0.3, 0.4) is 0 Å². The van der Waals surface area contributed by atoms with E-state index in [1.165, 1.54) is 39.1 Å². The first-order valence-electron chi connectivity index (χ1n) is 7.18. The summed E-state index contributed by atoms with van der Waals surface area (Å²) in [6.07, 6.45) is 3.44. The Labute approximate surface area is 122 Å². The average Bonchev–Trinajstić information content (AvgIpc) is 3.02. The molecule has 1 unspecified atom stereocenters. The molecule has 2 heterocycles. The second-order valence-corrected chi connectivity index (χ2v) is 6.61. The number of hydrogen-bond donors (Lipinski definition) is 1. The molecule has 1 aliphatic rings. The molecule has 0 saturated carbocycles. The van der Waals surface area contributed by atoms with Gasteiger partial charge in [-0.3, -0.25) is 0 Å². The summed E-state index contributed by atoms with van der Waals surface area (Å²) < 4.78 is 3.75. The highest BCUT2D eigenvalue weighted by Gasteiger charge is 2.22. The Hall–Kier alpha value is -1.58. The van der Waals surface area contributed by atoms with Crippen molar-refractivity contribution in [3.8, 4) is 5.69 Å². The minimum atomic E-state index is 0.212. The number of nitrogens with zero attached hydrogens (tertiary/aromatic N) is 1. The molecule has 2 nitrogen and oxygen atoms in total. The second kappa shape index (κ2) is 4.47. The van der Waals surface area contributed by atoms with Crippen LogP contribution in [0, 0.1) is 6.92 Å². The van der Waals surface area contributed by atoms with E-state index < -0.39 is 0 Å². The van der Waals surface area contributed by atoms with Gasteiger partial charge in [-0.05, 0) is 72.8 Å². The molecule has 1 aromatic carbocycles. The van der Waals surface area contributed by atoms with E-state index in [4.69, 9.17) is 5.73 Å². The van der Waals surface area contributed by atoms with Crippen LogP contribution in [0.25, 0.3) is 15.8 Å². The Morgan fingerprint density at radius 3 is 3.05 bits per heavy atom. The van der Waals surface area contributed by atoms with Gasteiger partial charge in [0.2, 0.25) is 0 Å². The summed E-state index contributed by atoms with van der Waals surface area (Å²) in [5.74, 6) is 0. The maximum absolute atomic E-state index is 6.27. The second-order valence-electron chi connectivity index (χ2n) is 5.66. The Kier molecular flexibility index (Phi) is 2.72. The highest BCUT2D eigenvalue weighted by Crippen LogP contribution is 2.33. The third-order valence-corrected chi connectivity index (χ3v) is 5.24. The van der Waals surface area contributed by atoms with Crippen LogP contribution >= 0.6 is 11.3 Å². The van der Waals surface area contributed by atoms with Gasteiger partial charge >= 0.3 is 0 Å². The van der Waals surface area contributed by atoms with Gasteiger partial charge in [0.15, 0.2) is 0 Å². The monoisotopic (exact) mass is 282 g/mol. The van der Waals surface area contributed by atoms with Crippen molar-refractivity contribution >= 4 is 21.4 Å². The number of nitrogens with two attached hydrogens (primary N) is 1. The number of hydrogen-bond acceptors (Lipinski definition) is 2. The van der Waals surface area contributed by atoms with Crippen LogP contribution in [-0.2, 0) is 6.42 Å². The van der Waals surface area contributed by atoms with Crippen LogP contribution in [0.5, 0.6) is 0 Å². The molecule has 1 atom stereocenters. The fourth-order valence-electron chi connectivity index (χ4n) is 3.39. The average molecular weight is 282 g/mol. The van der Waals surface area contributed by atoms with Crippen molar-refractivity contribution in [2.75, 3.05) is 0 Å². The molecule has 3 heteroatoms. The van der Waals surface area contributed by atoms with Gasteiger partial charge < -0.3 is 10.3 Å². The molecular formula is C17H18N2S. The van der Waals surface area contributed by atoms with E-state index in [2.05, 4.69) is 47.2 Å². The van der Waals surface area contributed by atoms with Crippen molar-refractivity contribution in [2.24, 2.45) is 5.73 Å². The fourth-order valence-corrected chi connectivity index (χ4v) is 4.16. The van der Waals surface area contributed by atoms with E-state index in [1.807, 2.05) is 0 Å². The van der Waals surface area contributed by atoms with Crippen molar-refractivity contribution in [1.29, 1.82) is 0 Å². The lowest BCUT2D eigenvalue weighted by Crippen LogP contribution is -2.17. The zero-order chi connectivity index (χ0) is 13.7. The Balaban J connectivity index is 1.93. The third kappa shape index (κ3) is 1.74. The SMILES string of the molecule is Cc1cc2c(n1-c1ccc3sccc3c1)CCCC2N. The lowest BCUT2D eigenvalue weighted by molar-refractivity contribution is 0.560. The minimum Gasteiger partial charge on any atom is -0.324 e. The van der Waals surface area contributed by atoms with Gasteiger partial charge in [0.25, 0.3) is 0 Å². The lowest BCUT2D eigenvalue weighted by atomic mass is 9.93. The van der Waals surface area contributed by atoms with Crippen LogP contribution in [0.2, 0.25) is 0 Å². The summed E-state index contributed by atoms with van der Waals surface area (Å²) >= 11 is 1.80. The van der Waals surface area contributed by atoms with Crippen molar-refractivity contribution in [3.05, 3.63) is 52.7 Å². The molecule has 102 valence electrons. The van der Waals surface area contributed by atoms with Crippen molar-refractivity contribution in [2.45, 2.75) is 32.2 Å². The van der Waals surface area contributed by atoms with Crippen LogP contribution in [-0.4, -0.2) is 4.57 Å². The van der Waals surface area contributed by atoms with E-state index in [0.717, 1.165) is 12.8 Å². The third-order valence-electron chi connectivity index (χ3n) is 4.34. The van der Waals surface area contributed by atoms with Gasteiger partial charge in [-0.1, -0.05) is 0 Å².